The summed E-state index contributed by atoms with van der Waals surface area (Å²) in [5.41, 5.74) is 2.63. The highest BCUT2D eigenvalue weighted by Gasteiger charge is 2.31. The molecule has 6 nitrogen and oxygen atoms in total. The molecule has 0 radical (unpaired) electrons. The van der Waals surface area contributed by atoms with E-state index < -0.39 is 11.9 Å². The third-order valence-electron chi connectivity index (χ3n) is 3.37. The maximum absolute atomic E-state index is 12.2. The molecule has 0 aliphatic rings. The number of aromatic nitrogens is 2. The number of methoxy groups -OCH3 is 2. The second kappa shape index (κ2) is 6.91. The first kappa shape index (κ1) is 16.5. The van der Waals surface area contributed by atoms with Crippen molar-refractivity contribution < 1.29 is 23.7 Å². The molecule has 0 atom stereocenters. The third kappa shape index (κ3) is 3.31. The van der Waals surface area contributed by atoms with Gasteiger partial charge >= 0.3 is 17.6 Å². The van der Waals surface area contributed by atoms with Gasteiger partial charge in [-0.05, 0) is 19.1 Å². The SMILES string of the molecule is COC(=O)/C=C(/C(=O)OC)[n+]1c(C)cc(C)n1-c1ccccc1. The minimum Gasteiger partial charge on any atom is -0.466 e. The fraction of sp³-hybridized carbons (Fsp3) is 0.235. The number of hydrogen-bond acceptors (Lipinski definition) is 4. The Hall–Kier alpha value is -2.89. The van der Waals surface area contributed by atoms with Crippen molar-refractivity contribution in [3.63, 3.8) is 0 Å². The Balaban J connectivity index is 2.72. The first-order valence-electron chi connectivity index (χ1n) is 7.04. The molecule has 120 valence electrons. The normalized spacial score (nSPS) is 11.2. The van der Waals surface area contributed by atoms with E-state index in [1.165, 1.54) is 14.2 Å². The predicted octanol–water partition coefficient (Wildman–Crippen LogP) is 1.57. The van der Waals surface area contributed by atoms with Crippen LogP contribution in [0.2, 0.25) is 0 Å². The zero-order valence-electron chi connectivity index (χ0n) is 13.6. The number of para-hydroxylation sites is 1. The van der Waals surface area contributed by atoms with E-state index >= 15 is 0 Å². The Bertz CT molecular complexity index is 760. The van der Waals surface area contributed by atoms with Crippen LogP contribution < -0.4 is 4.68 Å². The number of benzene rings is 1. The van der Waals surface area contributed by atoms with Gasteiger partial charge in [-0.25, -0.2) is 9.59 Å². The quantitative estimate of drug-likeness (QED) is 0.488. The lowest BCUT2D eigenvalue weighted by Crippen LogP contribution is -2.47. The first-order valence-corrected chi connectivity index (χ1v) is 7.04. The van der Waals surface area contributed by atoms with Crippen molar-refractivity contribution in [1.29, 1.82) is 0 Å². The molecule has 0 saturated carbocycles. The molecule has 0 saturated heterocycles. The fourth-order valence-electron chi connectivity index (χ4n) is 2.41. The summed E-state index contributed by atoms with van der Waals surface area (Å²) < 4.78 is 12.9. The van der Waals surface area contributed by atoms with Crippen LogP contribution in [0.1, 0.15) is 11.4 Å². The molecule has 2 aromatic rings. The van der Waals surface area contributed by atoms with Crippen LogP contribution in [0.25, 0.3) is 11.4 Å². The van der Waals surface area contributed by atoms with Crippen LogP contribution in [0.3, 0.4) is 0 Å². The second-order valence-electron chi connectivity index (χ2n) is 4.93. The molecule has 1 aromatic heterocycles. The van der Waals surface area contributed by atoms with Crippen molar-refractivity contribution in [3.8, 4) is 5.69 Å². The molecule has 0 unspecified atom stereocenters. The fourth-order valence-corrected chi connectivity index (χ4v) is 2.41. The van der Waals surface area contributed by atoms with Gasteiger partial charge in [0.1, 0.15) is 11.8 Å². The van der Waals surface area contributed by atoms with Gasteiger partial charge in [0.15, 0.2) is 0 Å². The van der Waals surface area contributed by atoms with Gasteiger partial charge in [-0.1, -0.05) is 22.9 Å². The standard InChI is InChI=1S/C17H19N2O4/c1-12-10-13(2)19(18(12)14-8-6-5-7-9-14)15(17(21)23-4)11-16(20)22-3/h5-11H,1-4H3/q+1/b15-11-. The van der Waals surface area contributed by atoms with Crippen LogP contribution in [0.4, 0.5) is 0 Å². The van der Waals surface area contributed by atoms with E-state index in [0.29, 0.717) is 0 Å². The molecule has 0 bridgehead atoms. The molecule has 0 N–H and O–H groups in total. The number of esters is 2. The van der Waals surface area contributed by atoms with Gasteiger partial charge in [0.05, 0.1) is 19.9 Å². The number of carbonyl (C=O) groups is 2. The molecule has 2 rings (SSSR count). The Labute approximate surface area is 134 Å². The number of rotatable bonds is 4. The molecule has 0 aliphatic heterocycles. The highest BCUT2D eigenvalue weighted by Crippen LogP contribution is 2.13. The Morgan fingerprint density at radius 1 is 1.09 bits per heavy atom. The average molecular weight is 315 g/mol. The zero-order chi connectivity index (χ0) is 17.0. The Morgan fingerprint density at radius 3 is 2.30 bits per heavy atom. The summed E-state index contributed by atoms with van der Waals surface area (Å²) >= 11 is 0. The van der Waals surface area contributed by atoms with E-state index in [4.69, 9.17) is 4.74 Å². The van der Waals surface area contributed by atoms with Gasteiger partial charge in [0, 0.05) is 13.0 Å². The van der Waals surface area contributed by atoms with Crippen LogP contribution in [0.15, 0.2) is 42.5 Å². The van der Waals surface area contributed by atoms with E-state index in [9.17, 15) is 9.59 Å². The number of carbonyl (C=O) groups excluding carboxylic acids is 2. The first-order chi connectivity index (χ1) is 11.0. The molecule has 1 aromatic carbocycles. The van der Waals surface area contributed by atoms with Gasteiger partial charge < -0.3 is 9.47 Å². The number of ether oxygens (including phenoxy) is 2. The lowest BCUT2D eigenvalue weighted by Gasteiger charge is -2.07. The maximum Gasteiger partial charge on any atom is 0.406 e. The maximum atomic E-state index is 12.2. The van der Waals surface area contributed by atoms with E-state index in [0.717, 1.165) is 23.2 Å². The van der Waals surface area contributed by atoms with Gasteiger partial charge in [-0.2, -0.15) is 0 Å². The summed E-state index contributed by atoms with van der Waals surface area (Å²) in [6.07, 6.45) is 1.12. The summed E-state index contributed by atoms with van der Waals surface area (Å²) in [4.78, 5) is 23.8. The lowest BCUT2D eigenvalue weighted by atomic mass is 10.3. The van der Waals surface area contributed by atoms with Gasteiger partial charge in [0.25, 0.3) is 0 Å². The number of hydrogen-bond donors (Lipinski definition) is 0. The third-order valence-corrected chi connectivity index (χ3v) is 3.37. The summed E-state index contributed by atoms with van der Waals surface area (Å²) in [5.74, 6) is -1.26. The van der Waals surface area contributed by atoms with Crippen molar-refractivity contribution in [2.24, 2.45) is 0 Å². The molecule has 1 heterocycles. The van der Waals surface area contributed by atoms with E-state index in [1.54, 1.807) is 4.68 Å². The van der Waals surface area contributed by atoms with Crippen molar-refractivity contribution in [1.82, 2.24) is 4.68 Å². The topological polar surface area (TPSA) is 61.4 Å². The predicted molar refractivity (Wildman–Crippen MR) is 83.7 cm³/mol. The van der Waals surface area contributed by atoms with Crippen LogP contribution in [0, 0.1) is 13.8 Å². The molecule has 23 heavy (non-hydrogen) atoms. The number of nitrogens with zero attached hydrogens (tertiary/aromatic N) is 2. The van der Waals surface area contributed by atoms with Crippen molar-refractivity contribution >= 4 is 17.6 Å². The van der Waals surface area contributed by atoms with Crippen molar-refractivity contribution in [3.05, 3.63) is 53.9 Å². The highest BCUT2D eigenvalue weighted by molar-refractivity contribution is 6.11. The monoisotopic (exact) mass is 315 g/mol. The molecule has 0 fully saturated rings. The van der Waals surface area contributed by atoms with Crippen LogP contribution in [-0.4, -0.2) is 30.8 Å². The van der Waals surface area contributed by atoms with Gasteiger partial charge in [0.2, 0.25) is 5.69 Å². The minimum atomic E-state index is -0.629. The van der Waals surface area contributed by atoms with E-state index in [-0.39, 0.29) is 5.70 Å². The van der Waals surface area contributed by atoms with E-state index in [2.05, 4.69) is 4.74 Å². The van der Waals surface area contributed by atoms with Gasteiger partial charge in [-0.3, -0.25) is 0 Å². The lowest BCUT2D eigenvalue weighted by molar-refractivity contribution is -0.664. The molecule has 6 heteroatoms. The Kier molecular flexibility index (Phi) is 4.95. The highest BCUT2D eigenvalue weighted by atomic mass is 16.5. The molecular weight excluding hydrogens is 296 g/mol. The van der Waals surface area contributed by atoms with Gasteiger partial charge in [-0.15, -0.1) is 4.68 Å². The zero-order valence-corrected chi connectivity index (χ0v) is 13.6. The van der Waals surface area contributed by atoms with E-state index in [1.807, 2.05) is 54.9 Å². The summed E-state index contributed by atoms with van der Waals surface area (Å²) in [6.45, 7) is 3.77. The largest absolute Gasteiger partial charge is 0.466 e. The molecule has 0 aliphatic carbocycles. The smallest absolute Gasteiger partial charge is 0.406 e. The van der Waals surface area contributed by atoms with Crippen molar-refractivity contribution in [2.45, 2.75) is 13.8 Å². The summed E-state index contributed by atoms with van der Waals surface area (Å²) in [6, 6.07) is 11.4. The molecule has 0 spiro atoms. The molecule has 0 amide bonds. The van der Waals surface area contributed by atoms with Crippen LogP contribution >= 0.6 is 0 Å². The van der Waals surface area contributed by atoms with Crippen LogP contribution in [0.5, 0.6) is 0 Å². The summed E-state index contributed by atoms with van der Waals surface area (Å²) in [5, 5.41) is 0. The minimum absolute atomic E-state index is 0.0776. The average Bonchev–Trinajstić information content (AvgIpc) is 2.86. The summed E-state index contributed by atoms with van der Waals surface area (Å²) in [7, 11) is 2.53. The number of aryl methyl sites for hydroxylation is 2. The Morgan fingerprint density at radius 2 is 1.74 bits per heavy atom. The second-order valence-corrected chi connectivity index (χ2v) is 4.93. The van der Waals surface area contributed by atoms with Crippen LogP contribution in [-0.2, 0) is 19.1 Å². The molecular formula is C17H19N2O4+. The van der Waals surface area contributed by atoms with Crippen molar-refractivity contribution in [2.75, 3.05) is 14.2 Å².